The summed E-state index contributed by atoms with van der Waals surface area (Å²) in [6.07, 6.45) is -0.175. The molecule has 0 aromatic heterocycles. The Labute approximate surface area is 117 Å². The molecule has 2 aliphatic rings. The van der Waals surface area contributed by atoms with E-state index in [-0.39, 0.29) is 24.1 Å². The maximum Gasteiger partial charge on any atom is 0.247 e. The van der Waals surface area contributed by atoms with Crippen molar-refractivity contribution in [1.29, 1.82) is 0 Å². The molecular formula is C13H21N3O4. The number of amides is 3. The first-order valence-corrected chi connectivity index (χ1v) is 6.75. The first kappa shape index (κ1) is 14.8. The largest absolute Gasteiger partial charge is 0.391 e. The topological polar surface area (TPSA) is 89.9 Å². The second-order valence-corrected chi connectivity index (χ2v) is 5.91. The smallest absolute Gasteiger partial charge is 0.247 e. The Kier molecular flexibility index (Phi) is 3.73. The maximum atomic E-state index is 12.4. The second-order valence-electron chi connectivity index (χ2n) is 5.91. The SMILES string of the molecule is C[C@@H](O)[C@@H](C(=O)N(C)C)N1CC2(CCNC(=O)C2)C1=O. The Hall–Kier alpha value is -1.63. The van der Waals surface area contributed by atoms with Crippen molar-refractivity contribution in [2.45, 2.75) is 31.9 Å². The summed E-state index contributed by atoms with van der Waals surface area (Å²) < 4.78 is 0. The number of likely N-dealkylation sites (tertiary alicyclic amines) is 1. The van der Waals surface area contributed by atoms with Gasteiger partial charge in [-0.1, -0.05) is 0 Å². The summed E-state index contributed by atoms with van der Waals surface area (Å²) in [4.78, 5) is 38.7. The lowest BCUT2D eigenvalue weighted by atomic mass is 9.70. The van der Waals surface area contributed by atoms with E-state index in [1.165, 1.54) is 16.7 Å². The zero-order valence-corrected chi connectivity index (χ0v) is 12.0. The fraction of sp³-hybridized carbons (Fsp3) is 0.769. The lowest BCUT2D eigenvalue weighted by molar-refractivity contribution is -0.178. The monoisotopic (exact) mass is 283 g/mol. The lowest BCUT2D eigenvalue weighted by Crippen LogP contribution is -2.71. The zero-order valence-electron chi connectivity index (χ0n) is 12.0. The van der Waals surface area contributed by atoms with Crippen LogP contribution in [0.15, 0.2) is 0 Å². The van der Waals surface area contributed by atoms with E-state index in [4.69, 9.17) is 0 Å². The fourth-order valence-corrected chi connectivity index (χ4v) is 2.99. The number of piperidine rings is 1. The predicted molar refractivity (Wildman–Crippen MR) is 70.6 cm³/mol. The van der Waals surface area contributed by atoms with E-state index in [1.54, 1.807) is 14.1 Å². The Balaban J connectivity index is 2.13. The lowest BCUT2D eigenvalue weighted by Gasteiger charge is -2.53. The van der Waals surface area contributed by atoms with Crippen LogP contribution in [0.2, 0.25) is 0 Å². The molecule has 1 unspecified atom stereocenters. The Morgan fingerprint density at radius 1 is 1.45 bits per heavy atom. The van der Waals surface area contributed by atoms with Crippen LogP contribution in [0.4, 0.5) is 0 Å². The van der Waals surface area contributed by atoms with Crippen molar-refractivity contribution in [1.82, 2.24) is 15.1 Å². The summed E-state index contributed by atoms with van der Waals surface area (Å²) in [5.41, 5.74) is -0.665. The van der Waals surface area contributed by atoms with Gasteiger partial charge in [0.1, 0.15) is 6.04 Å². The number of rotatable bonds is 3. The van der Waals surface area contributed by atoms with Gasteiger partial charge in [0.25, 0.3) is 0 Å². The number of hydrogen-bond donors (Lipinski definition) is 2. The van der Waals surface area contributed by atoms with Gasteiger partial charge >= 0.3 is 0 Å². The highest BCUT2D eigenvalue weighted by Crippen LogP contribution is 2.42. The average molecular weight is 283 g/mol. The average Bonchev–Trinajstić information content (AvgIpc) is 2.37. The van der Waals surface area contributed by atoms with Gasteiger partial charge < -0.3 is 20.2 Å². The minimum atomic E-state index is -0.941. The highest BCUT2D eigenvalue weighted by atomic mass is 16.3. The van der Waals surface area contributed by atoms with E-state index in [0.29, 0.717) is 19.5 Å². The maximum absolute atomic E-state index is 12.4. The van der Waals surface area contributed by atoms with E-state index in [1.807, 2.05) is 0 Å². The van der Waals surface area contributed by atoms with E-state index in [0.717, 1.165) is 0 Å². The van der Waals surface area contributed by atoms with Crippen LogP contribution in [-0.4, -0.2) is 72.0 Å². The van der Waals surface area contributed by atoms with Crippen LogP contribution in [0.3, 0.4) is 0 Å². The molecule has 2 N–H and O–H groups in total. The standard InChI is InChI=1S/C13H21N3O4/c1-8(17)10(11(19)15(2)3)16-7-13(12(16)20)4-5-14-9(18)6-13/h8,10,17H,4-7H2,1-3H3,(H,14,18)/t8-,10+,13?/m1/s1. The van der Waals surface area contributed by atoms with Gasteiger partial charge in [-0.05, 0) is 13.3 Å². The summed E-state index contributed by atoms with van der Waals surface area (Å²) >= 11 is 0. The first-order valence-electron chi connectivity index (χ1n) is 6.75. The Morgan fingerprint density at radius 3 is 2.55 bits per heavy atom. The Morgan fingerprint density at radius 2 is 2.10 bits per heavy atom. The molecular weight excluding hydrogens is 262 g/mol. The molecule has 0 bridgehead atoms. The number of likely N-dealkylation sites (N-methyl/N-ethyl adjacent to an activating group) is 1. The molecule has 0 aliphatic carbocycles. The molecule has 7 nitrogen and oxygen atoms in total. The molecule has 3 amide bonds. The van der Waals surface area contributed by atoms with E-state index >= 15 is 0 Å². The van der Waals surface area contributed by atoms with Crippen LogP contribution < -0.4 is 5.32 Å². The third-order valence-corrected chi connectivity index (χ3v) is 4.10. The Bertz CT molecular complexity index is 449. The van der Waals surface area contributed by atoms with Gasteiger partial charge in [0.05, 0.1) is 11.5 Å². The number of carbonyl (C=O) groups is 3. The molecule has 0 aromatic carbocycles. The summed E-state index contributed by atoms with van der Waals surface area (Å²) in [7, 11) is 3.18. The van der Waals surface area contributed by atoms with Crippen LogP contribution in [0, 0.1) is 5.41 Å². The van der Waals surface area contributed by atoms with Gasteiger partial charge in [0.15, 0.2) is 0 Å². The van der Waals surface area contributed by atoms with Crippen LogP contribution in [0.25, 0.3) is 0 Å². The van der Waals surface area contributed by atoms with Gasteiger partial charge in [-0.3, -0.25) is 14.4 Å². The van der Waals surface area contributed by atoms with Gasteiger partial charge in [-0.15, -0.1) is 0 Å². The number of hydrogen-bond acceptors (Lipinski definition) is 4. The third kappa shape index (κ3) is 2.26. The number of nitrogens with zero attached hydrogens (tertiary/aromatic N) is 2. The van der Waals surface area contributed by atoms with Crippen molar-refractivity contribution in [3.8, 4) is 0 Å². The minimum Gasteiger partial charge on any atom is -0.391 e. The molecule has 0 saturated carbocycles. The number of aliphatic hydroxyl groups excluding tert-OH is 1. The molecule has 0 radical (unpaired) electrons. The van der Waals surface area contributed by atoms with Crippen molar-refractivity contribution in [3.05, 3.63) is 0 Å². The molecule has 112 valence electrons. The number of aliphatic hydroxyl groups is 1. The molecule has 3 atom stereocenters. The van der Waals surface area contributed by atoms with Crippen molar-refractivity contribution < 1.29 is 19.5 Å². The normalized spacial score (nSPS) is 28.7. The fourth-order valence-electron chi connectivity index (χ4n) is 2.99. The molecule has 2 rings (SSSR count). The molecule has 2 saturated heterocycles. The quantitative estimate of drug-likeness (QED) is 0.621. The highest BCUT2D eigenvalue weighted by molar-refractivity contribution is 5.98. The number of β-lactam (4-membered cyclic amide) rings is 1. The van der Waals surface area contributed by atoms with Gasteiger partial charge in [-0.2, -0.15) is 0 Å². The number of carbonyl (C=O) groups excluding carboxylic acids is 3. The molecule has 20 heavy (non-hydrogen) atoms. The summed E-state index contributed by atoms with van der Waals surface area (Å²) in [5, 5.41) is 12.5. The highest BCUT2D eigenvalue weighted by Gasteiger charge is 2.57. The molecule has 7 heteroatoms. The van der Waals surface area contributed by atoms with E-state index in [9.17, 15) is 19.5 Å². The van der Waals surface area contributed by atoms with Crippen LogP contribution in [-0.2, 0) is 14.4 Å². The van der Waals surface area contributed by atoms with Crippen LogP contribution in [0.1, 0.15) is 19.8 Å². The summed E-state index contributed by atoms with van der Waals surface area (Å²) in [5.74, 6) is -0.631. The van der Waals surface area contributed by atoms with Crippen molar-refractivity contribution in [3.63, 3.8) is 0 Å². The minimum absolute atomic E-state index is 0.128. The van der Waals surface area contributed by atoms with E-state index in [2.05, 4.69) is 5.32 Å². The van der Waals surface area contributed by atoms with Crippen molar-refractivity contribution >= 4 is 17.7 Å². The summed E-state index contributed by atoms with van der Waals surface area (Å²) in [6, 6.07) is -0.867. The zero-order chi connectivity index (χ0) is 15.1. The molecule has 2 fully saturated rings. The number of nitrogens with one attached hydrogen (secondary N) is 1. The molecule has 1 spiro atoms. The van der Waals surface area contributed by atoms with Gasteiger partial charge in [0, 0.05) is 33.6 Å². The molecule has 0 aromatic rings. The van der Waals surface area contributed by atoms with Crippen LogP contribution in [0.5, 0.6) is 0 Å². The van der Waals surface area contributed by atoms with Crippen molar-refractivity contribution in [2.24, 2.45) is 5.41 Å². The van der Waals surface area contributed by atoms with E-state index < -0.39 is 17.6 Å². The molecule has 2 aliphatic heterocycles. The van der Waals surface area contributed by atoms with Crippen LogP contribution >= 0.6 is 0 Å². The van der Waals surface area contributed by atoms with Gasteiger partial charge in [0.2, 0.25) is 17.7 Å². The second kappa shape index (κ2) is 5.05. The van der Waals surface area contributed by atoms with Crippen molar-refractivity contribution in [2.75, 3.05) is 27.2 Å². The first-order chi connectivity index (χ1) is 9.28. The molecule has 2 heterocycles. The predicted octanol–water partition coefficient (Wildman–Crippen LogP) is -1.44. The summed E-state index contributed by atoms with van der Waals surface area (Å²) in [6.45, 7) is 2.34. The van der Waals surface area contributed by atoms with Gasteiger partial charge in [-0.25, -0.2) is 0 Å². The third-order valence-electron chi connectivity index (χ3n) is 4.10.